The Morgan fingerprint density at radius 1 is 1.40 bits per heavy atom. The van der Waals surface area contributed by atoms with Crippen molar-refractivity contribution in [1.82, 2.24) is 0 Å². The van der Waals surface area contributed by atoms with E-state index in [9.17, 15) is 9.90 Å². The van der Waals surface area contributed by atoms with Crippen LogP contribution in [0.4, 0.5) is 0 Å². The molecule has 0 aliphatic rings. The zero-order valence-electron chi connectivity index (χ0n) is 9.03. The van der Waals surface area contributed by atoms with Crippen LogP contribution in [-0.4, -0.2) is 16.2 Å². The quantitative estimate of drug-likeness (QED) is 0.797. The second-order valence-electron chi connectivity index (χ2n) is 3.74. The first kappa shape index (κ1) is 11.7. The average molecular weight is 208 g/mol. The number of aliphatic hydroxyl groups is 1. The summed E-state index contributed by atoms with van der Waals surface area (Å²) in [7, 11) is 0. The van der Waals surface area contributed by atoms with Crippen LogP contribution >= 0.6 is 0 Å². The minimum atomic E-state index is -0.876. The first-order valence-corrected chi connectivity index (χ1v) is 4.98. The van der Waals surface area contributed by atoms with Crippen LogP contribution in [0.2, 0.25) is 0 Å². The van der Waals surface area contributed by atoms with Gasteiger partial charge in [0.05, 0.1) is 6.10 Å². The monoisotopic (exact) mass is 208 g/mol. The Morgan fingerprint density at radius 3 is 2.67 bits per heavy atom. The Hall–Kier alpha value is -1.35. The lowest BCUT2D eigenvalue weighted by molar-refractivity contribution is -0.137. The predicted molar refractivity (Wildman–Crippen MR) is 57.7 cm³/mol. The molecule has 0 aromatic heterocycles. The fourth-order valence-corrected chi connectivity index (χ4v) is 1.55. The molecule has 0 unspecified atom stereocenters. The van der Waals surface area contributed by atoms with E-state index in [1.54, 1.807) is 0 Å². The van der Waals surface area contributed by atoms with Crippen molar-refractivity contribution < 1.29 is 15.0 Å². The SMILES string of the molecule is Cc1cccc([C@@H](O)CCC(=O)O)c1C. The van der Waals surface area contributed by atoms with Gasteiger partial charge in [-0.1, -0.05) is 18.2 Å². The Labute approximate surface area is 89.4 Å². The fourth-order valence-electron chi connectivity index (χ4n) is 1.55. The zero-order valence-corrected chi connectivity index (χ0v) is 9.03. The van der Waals surface area contributed by atoms with Crippen LogP contribution in [0.15, 0.2) is 18.2 Å². The number of carbonyl (C=O) groups is 1. The van der Waals surface area contributed by atoms with Gasteiger partial charge in [0.15, 0.2) is 0 Å². The van der Waals surface area contributed by atoms with E-state index in [0.717, 1.165) is 16.7 Å². The van der Waals surface area contributed by atoms with E-state index in [0.29, 0.717) is 0 Å². The molecule has 0 aliphatic heterocycles. The lowest BCUT2D eigenvalue weighted by Crippen LogP contribution is -2.04. The van der Waals surface area contributed by atoms with Crippen molar-refractivity contribution in [3.05, 3.63) is 34.9 Å². The van der Waals surface area contributed by atoms with E-state index in [4.69, 9.17) is 5.11 Å². The molecule has 0 saturated heterocycles. The zero-order chi connectivity index (χ0) is 11.4. The molecule has 0 fully saturated rings. The fraction of sp³-hybridized carbons (Fsp3) is 0.417. The van der Waals surface area contributed by atoms with Crippen LogP contribution in [-0.2, 0) is 4.79 Å². The summed E-state index contributed by atoms with van der Waals surface area (Å²) in [5.41, 5.74) is 2.98. The molecule has 3 heteroatoms. The highest BCUT2D eigenvalue weighted by molar-refractivity contribution is 5.66. The maximum atomic E-state index is 10.4. The summed E-state index contributed by atoms with van der Waals surface area (Å²) >= 11 is 0. The summed E-state index contributed by atoms with van der Waals surface area (Å²) in [5, 5.41) is 18.3. The van der Waals surface area contributed by atoms with Crippen molar-refractivity contribution in [2.24, 2.45) is 0 Å². The lowest BCUT2D eigenvalue weighted by atomic mass is 9.97. The average Bonchev–Trinajstić information content (AvgIpc) is 2.18. The molecule has 82 valence electrons. The van der Waals surface area contributed by atoms with Crippen LogP contribution in [0, 0.1) is 13.8 Å². The molecule has 1 atom stereocenters. The largest absolute Gasteiger partial charge is 0.481 e. The van der Waals surface area contributed by atoms with Gasteiger partial charge in [0.1, 0.15) is 0 Å². The molecule has 0 radical (unpaired) electrons. The number of aryl methyl sites for hydroxylation is 1. The summed E-state index contributed by atoms with van der Waals surface area (Å²) in [6.45, 7) is 3.91. The number of carboxylic acid groups (broad SMARTS) is 1. The Bertz CT molecular complexity index is 358. The van der Waals surface area contributed by atoms with Crippen molar-refractivity contribution in [3.8, 4) is 0 Å². The van der Waals surface area contributed by atoms with Crippen LogP contribution in [0.3, 0.4) is 0 Å². The van der Waals surface area contributed by atoms with Crippen LogP contribution in [0.25, 0.3) is 0 Å². The molecular formula is C12H16O3. The number of benzene rings is 1. The summed E-state index contributed by atoms with van der Waals surface area (Å²) in [4.78, 5) is 10.4. The summed E-state index contributed by atoms with van der Waals surface area (Å²) in [5.74, 6) is -0.876. The normalized spacial score (nSPS) is 12.5. The van der Waals surface area contributed by atoms with Gasteiger partial charge >= 0.3 is 5.97 Å². The molecule has 2 N–H and O–H groups in total. The highest BCUT2D eigenvalue weighted by atomic mass is 16.4. The Kier molecular flexibility index (Phi) is 3.86. The summed E-state index contributed by atoms with van der Waals surface area (Å²) in [6.07, 6.45) is -0.422. The summed E-state index contributed by atoms with van der Waals surface area (Å²) < 4.78 is 0. The maximum absolute atomic E-state index is 10.4. The Balaban J connectivity index is 2.77. The van der Waals surface area contributed by atoms with Gasteiger partial charge in [-0.2, -0.15) is 0 Å². The molecule has 0 bridgehead atoms. The molecule has 0 aliphatic carbocycles. The van der Waals surface area contributed by atoms with Crippen LogP contribution in [0.1, 0.15) is 35.6 Å². The van der Waals surface area contributed by atoms with Crippen molar-refractivity contribution in [2.45, 2.75) is 32.8 Å². The molecule has 1 rings (SSSR count). The smallest absolute Gasteiger partial charge is 0.303 e. The van der Waals surface area contributed by atoms with Gasteiger partial charge in [-0.25, -0.2) is 0 Å². The maximum Gasteiger partial charge on any atom is 0.303 e. The van der Waals surface area contributed by atoms with Gasteiger partial charge in [-0.05, 0) is 37.0 Å². The number of rotatable bonds is 4. The predicted octanol–water partition coefficient (Wildman–Crippen LogP) is 2.20. The number of hydrogen-bond donors (Lipinski definition) is 2. The van der Waals surface area contributed by atoms with Crippen molar-refractivity contribution >= 4 is 5.97 Å². The lowest BCUT2D eigenvalue weighted by Gasteiger charge is -2.14. The molecule has 0 amide bonds. The van der Waals surface area contributed by atoms with E-state index in [1.807, 2.05) is 32.0 Å². The molecule has 1 aromatic carbocycles. The molecule has 0 spiro atoms. The second kappa shape index (κ2) is 4.94. The number of aliphatic hydroxyl groups excluding tert-OH is 1. The van der Waals surface area contributed by atoms with Crippen molar-refractivity contribution in [2.75, 3.05) is 0 Å². The van der Waals surface area contributed by atoms with Gasteiger partial charge in [0.25, 0.3) is 0 Å². The highest BCUT2D eigenvalue weighted by Gasteiger charge is 2.12. The van der Waals surface area contributed by atoms with Gasteiger partial charge in [0.2, 0.25) is 0 Å². The van der Waals surface area contributed by atoms with Crippen LogP contribution in [0.5, 0.6) is 0 Å². The van der Waals surface area contributed by atoms with E-state index < -0.39 is 12.1 Å². The van der Waals surface area contributed by atoms with Crippen LogP contribution < -0.4 is 0 Å². The molecule has 1 aromatic rings. The number of aliphatic carboxylic acids is 1. The first-order chi connectivity index (χ1) is 7.02. The van der Waals surface area contributed by atoms with Gasteiger partial charge in [-0.3, -0.25) is 4.79 Å². The van der Waals surface area contributed by atoms with E-state index in [1.165, 1.54) is 0 Å². The van der Waals surface area contributed by atoms with E-state index >= 15 is 0 Å². The molecule has 0 heterocycles. The number of hydrogen-bond acceptors (Lipinski definition) is 2. The first-order valence-electron chi connectivity index (χ1n) is 4.98. The minimum Gasteiger partial charge on any atom is -0.481 e. The van der Waals surface area contributed by atoms with Crippen molar-refractivity contribution in [1.29, 1.82) is 0 Å². The third-order valence-corrected chi connectivity index (χ3v) is 2.64. The van der Waals surface area contributed by atoms with E-state index in [2.05, 4.69) is 0 Å². The molecule has 0 saturated carbocycles. The third-order valence-electron chi connectivity index (χ3n) is 2.64. The molecule has 15 heavy (non-hydrogen) atoms. The standard InChI is InChI=1S/C12H16O3/c1-8-4-3-5-10(9(8)2)11(13)6-7-12(14)15/h3-5,11,13H,6-7H2,1-2H3,(H,14,15)/t11-/m0/s1. The van der Waals surface area contributed by atoms with E-state index in [-0.39, 0.29) is 12.8 Å². The highest BCUT2D eigenvalue weighted by Crippen LogP contribution is 2.23. The molecule has 3 nitrogen and oxygen atoms in total. The minimum absolute atomic E-state index is 0.00541. The third kappa shape index (κ3) is 3.06. The topological polar surface area (TPSA) is 57.5 Å². The van der Waals surface area contributed by atoms with Gasteiger partial charge in [0, 0.05) is 6.42 Å². The second-order valence-corrected chi connectivity index (χ2v) is 3.74. The number of carboxylic acids is 1. The summed E-state index contributed by atoms with van der Waals surface area (Å²) in [6, 6.07) is 5.69. The van der Waals surface area contributed by atoms with Gasteiger partial charge in [-0.15, -0.1) is 0 Å². The van der Waals surface area contributed by atoms with Crippen molar-refractivity contribution in [3.63, 3.8) is 0 Å². The Morgan fingerprint density at radius 2 is 2.07 bits per heavy atom. The van der Waals surface area contributed by atoms with Gasteiger partial charge < -0.3 is 10.2 Å². The molecular weight excluding hydrogens is 192 g/mol.